The Morgan fingerprint density at radius 3 is 2.37 bits per heavy atom. The molecule has 0 aliphatic heterocycles. The third-order valence-corrected chi connectivity index (χ3v) is 6.49. The van der Waals surface area contributed by atoms with Crippen LogP contribution in [0.1, 0.15) is 25.3 Å². The number of benzene rings is 2. The topological polar surface area (TPSA) is 57.6 Å². The summed E-state index contributed by atoms with van der Waals surface area (Å²) in [6.07, 6.45) is 5.13. The number of halogens is 1. The van der Waals surface area contributed by atoms with Crippen LogP contribution >= 0.6 is 11.6 Å². The monoisotopic (exact) mass is 407 g/mol. The zero-order valence-electron chi connectivity index (χ0n) is 15.5. The van der Waals surface area contributed by atoms with Gasteiger partial charge in [0.1, 0.15) is 0 Å². The summed E-state index contributed by atoms with van der Waals surface area (Å²) in [6.45, 7) is 2.80. The van der Waals surface area contributed by atoms with Crippen molar-refractivity contribution in [1.82, 2.24) is 4.31 Å². The van der Waals surface area contributed by atoms with Gasteiger partial charge in [-0.3, -0.25) is 0 Å². The summed E-state index contributed by atoms with van der Waals surface area (Å²) in [5, 5.41) is 9.58. The van der Waals surface area contributed by atoms with Gasteiger partial charge >= 0.3 is 0 Å². The quantitative estimate of drug-likeness (QED) is 0.632. The van der Waals surface area contributed by atoms with Crippen LogP contribution in [0.5, 0.6) is 0 Å². The lowest BCUT2D eigenvalue weighted by Gasteiger charge is -2.22. The van der Waals surface area contributed by atoms with E-state index in [4.69, 9.17) is 16.7 Å². The highest BCUT2D eigenvalue weighted by Crippen LogP contribution is 2.20. The van der Waals surface area contributed by atoms with Crippen LogP contribution in [0.4, 0.5) is 0 Å². The molecule has 0 aliphatic carbocycles. The lowest BCUT2D eigenvalue weighted by atomic mass is 10.1. The van der Waals surface area contributed by atoms with E-state index >= 15 is 0 Å². The van der Waals surface area contributed by atoms with Crippen molar-refractivity contribution in [2.75, 3.05) is 19.7 Å². The Hall–Kier alpha value is -1.66. The van der Waals surface area contributed by atoms with Crippen LogP contribution in [0.25, 0.3) is 6.08 Å². The number of nitrogens with zero attached hydrogens (tertiary/aromatic N) is 1. The van der Waals surface area contributed by atoms with Gasteiger partial charge < -0.3 is 5.11 Å². The second-order valence-corrected chi connectivity index (χ2v) is 8.91. The van der Waals surface area contributed by atoms with Crippen LogP contribution in [0.2, 0.25) is 5.02 Å². The lowest BCUT2D eigenvalue weighted by molar-refractivity contribution is 0.253. The summed E-state index contributed by atoms with van der Waals surface area (Å²) in [5.41, 5.74) is 1.02. The first-order chi connectivity index (χ1) is 12.9. The number of hydrogen-bond donors (Lipinski definition) is 1. The van der Waals surface area contributed by atoms with Gasteiger partial charge in [0.05, 0.1) is 4.90 Å². The smallest absolute Gasteiger partial charge is 0.243 e. The van der Waals surface area contributed by atoms with Crippen LogP contribution < -0.4 is 0 Å². The maximum absolute atomic E-state index is 13.1. The van der Waals surface area contributed by atoms with Gasteiger partial charge in [-0.05, 0) is 48.6 Å². The van der Waals surface area contributed by atoms with Crippen molar-refractivity contribution in [3.05, 3.63) is 71.3 Å². The number of rotatable bonds is 10. The minimum absolute atomic E-state index is 0.110. The van der Waals surface area contributed by atoms with Gasteiger partial charge in [0.2, 0.25) is 10.0 Å². The fourth-order valence-corrected chi connectivity index (χ4v) is 4.20. The van der Waals surface area contributed by atoms with E-state index in [0.29, 0.717) is 24.4 Å². The van der Waals surface area contributed by atoms with Gasteiger partial charge in [0.25, 0.3) is 0 Å². The predicted molar refractivity (Wildman–Crippen MR) is 111 cm³/mol. The molecule has 1 atom stereocenters. The van der Waals surface area contributed by atoms with Gasteiger partial charge in [-0.15, -0.1) is 0 Å². The Morgan fingerprint density at radius 1 is 1.07 bits per heavy atom. The van der Waals surface area contributed by atoms with Crippen LogP contribution in [0, 0.1) is 5.92 Å². The molecule has 0 aromatic heterocycles. The van der Waals surface area contributed by atoms with E-state index in [0.717, 1.165) is 5.56 Å². The molecule has 2 aromatic carbocycles. The molecule has 0 unspecified atom stereocenters. The number of aliphatic hydroxyl groups excluding tert-OH is 1. The Bertz CT molecular complexity index is 820. The SMILES string of the molecule is C[C@@H](CCO)CCN(CC=Cc1ccccc1)S(=O)(=O)c1ccc(Cl)cc1. The number of hydrogen-bond acceptors (Lipinski definition) is 3. The third-order valence-electron chi connectivity index (χ3n) is 4.36. The molecule has 146 valence electrons. The summed E-state index contributed by atoms with van der Waals surface area (Å²) in [4.78, 5) is 0.231. The summed E-state index contributed by atoms with van der Waals surface area (Å²) >= 11 is 5.89. The van der Waals surface area contributed by atoms with Crippen molar-refractivity contribution in [1.29, 1.82) is 0 Å². The number of sulfonamides is 1. The van der Waals surface area contributed by atoms with E-state index in [-0.39, 0.29) is 24.0 Å². The van der Waals surface area contributed by atoms with Crippen molar-refractivity contribution in [2.45, 2.75) is 24.7 Å². The van der Waals surface area contributed by atoms with Gasteiger partial charge in [0, 0.05) is 24.7 Å². The molecule has 2 rings (SSSR count). The summed E-state index contributed by atoms with van der Waals surface area (Å²) in [7, 11) is -3.62. The number of aliphatic hydroxyl groups is 1. The lowest BCUT2D eigenvalue weighted by Crippen LogP contribution is -2.33. The first kappa shape index (κ1) is 21.6. The van der Waals surface area contributed by atoms with E-state index in [1.54, 1.807) is 12.1 Å². The van der Waals surface area contributed by atoms with Crippen molar-refractivity contribution >= 4 is 27.7 Å². The van der Waals surface area contributed by atoms with Crippen LogP contribution in [-0.4, -0.2) is 37.5 Å². The fourth-order valence-electron chi connectivity index (χ4n) is 2.66. The molecule has 0 spiro atoms. The van der Waals surface area contributed by atoms with Crippen molar-refractivity contribution in [2.24, 2.45) is 5.92 Å². The molecular weight excluding hydrogens is 382 g/mol. The van der Waals surface area contributed by atoms with E-state index < -0.39 is 10.0 Å². The Kier molecular flexibility index (Phi) is 8.51. The third kappa shape index (κ3) is 6.78. The van der Waals surface area contributed by atoms with E-state index in [2.05, 4.69) is 0 Å². The highest BCUT2D eigenvalue weighted by atomic mass is 35.5. The summed E-state index contributed by atoms with van der Waals surface area (Å²) < 4.78 is 27.6. The first-order valence-electron chi connectivity index (χ1n) is 9.01. The maximum Gasteiger partial charge on any atom is 0.243 e. The van der Waals surface area contributed by atoms with Crippen molar-refractivity contribution < 1.29 is 13.5 Å². The van der Waals surface area contributed by atoms with E-state index in [1.165, 1.54) is 16.4 Å². The summed E-state index contributed by atoms with van der Waals surface area (Å²) in [5.74, 6) is 0.246. The molecule has 0 radical (unpaired) electrons. The largest absolute Gasteiger partial charge is 0.396 e. The molecule has 1 N–H and O–H groups in total. The van der Waals surface area contributed by atoms with E-state index in [9.17, 15) is 8.42 Å². The molecule has 0 amide bonds. The minimum atomic E-state index is -3.62. The fraction of sp³-hybridized carbons (Fsp3) is 0.333. The predicted octanol–water partition coefficient (Wildman–Crippen LogP) is 4.45. The zero-order valence-corrected chi connectivity index (χ0v) is 17.0. The first-order valence-corrected chi connectivity index (χ1v) is 10.8. The Balaban J connectivity index is 2.17. The molecule has 6 heteroatoms. The average molecular weight is 408 g/mol. The molecule has 2 aromatic rings. The van der Waals surface area contributed by atoms with Crippen molar-refractivity contribution in [3.63, 3.8) is 0 Å². The van der Waals surface area contributed by atoms with Gasteiger partial charge in [-0.2, -0.15) is 4.31 Å². The van der Waals surface area contributed by atoms with Gasteiger partial charge in [0.15, 0.2) is 0 Å². The van der Waals surface area contributed by atoms with Gasteiger partial charge in [-0.1, -0.05) is 61.0 Å². The molecule has 27 heavy (non-hydrogen) atoms. The molecular formula is C21H26ClNO3S. The maximum atomic E-state index is 13.1. The van der Waals surface area contributed by atoms with Gasteiger partial charge in [-0.25, -0.2) is 8.42 Å². The molecule has 0 aliphatic rings. The van der Waals surface area contributed by atoms with Crippen LogP contribution in [0.3, 0.4) is 0 Å². The molecule has 0 saturated carbocycles. The highest BCUT2D eigenvalue weighted by molar-refractivity contribution is 7.89. The van der Waals surface area contributed by atoms with Crippen molar-refractivity contribution in [3.8, 4) is 0 Å². The highest BCUT2D eigenvalue weighted by Gasteiger charge is 2.23. The summed E-state index contributed by atoms with van der Waals surface area (Å²) in [6, 6.07) is 16.0. The molecule has 0 saturated heterocycles. The second-order valence-electron chi connectivity index (χ2n) is 6.54. The van der Waals surface area contributed by atoms with E-state index in [1.807, 2.05) is 49.4 Å². The van der Waals surface area contributed by atoms with Crippen LogP contribution in [-0.2, 0) is 10.0 Å². The molecule has 0 fully saturated rings. The normalized spacial score (nSPS) is 13.3. The molecule has 0 heterocycles. The minimum Gasteiger partial charge on any atom is -0.396 e. The standard InChI is InChI=1S/C21H26ClNO3S/c1-18(14-17-24)13-16-23(15-5-8-19-6-3-2-4-7-19)27(25,26)21-11-9-20(22)10-12-21/h2-12,18,24H,13-17H2,1H3/t18-/m1/s1. The molecule has 4 nitrogen and oxygen atoms in total. The zero-order chi connectivity index (χ0) is 19.7. The Labute approximate surface area is 167 Å². The Morgan fingerprint density at radius 2 is 1.74 bits per heavy atom. The van der Waals surface area contributed by atoms with Crippen LogP contribution in [0.15, 0.2) is 65.6 Å². The second kappa shape index (κ2) is 10.6. The molecule has 0 bridgehead atoms. The average Bonchev–Trinajstić information content (AvgIpc) is 2.65.